The Labute approximate surface area is 112 Å². The van der Waals surface area contributed by atoms with Crippen LogP contribution in [0.15, 0.2) is 35.9 Å². The van der Waals surface area contributed by atoms with E-state index in [2.05, 4.69) is 5.32 Å². The predicted octanol–water partition coefficient (Wildman–Crippen LogP) is 2.36. The smallest absolute Gasteiger partial charge is 0.335 e. The molecule has 0 aliphatic heterocycles. The minimum Gasteiger partial charge on any atom is -0.478 e. The molecule has 0 aromatic heterocycles. The zero-order valence-electron chi connectivity index (χ0n) is 10.8. The summed E-state index contributed by atoms with van der Waals surface area (Å²) in [4.78, 5) is 22.3. The van der Waals surface area contributed by atoms with E-state index in [9.17, 15) is 9.59 Å². The highest BCUT2D eigenvalue weighted by atomic mass is 16.4. The number of rotatable bonds is 5. The van der Waals surface area contributed by atoms with E-state index in [4.69, 9.17) is 5.11 Å². The van der Waals surface area contributed by atoms with Crippen LogP contribution in [0.1, 0.15) is 35.7 Å². The fraction of sp³-hybridized carbons (Fsp3) is 0.333. The summed E-state index contributed by atoms with van der Waals surface area (Å²) in [6.45, 7) is 2.39. The molecule has 1 aliphatic rings. The largest absolute Gasteiger partial charge is 0.478 e. The quantitative estimate of drug-likeness (QED) is 0.798. The number of carbonyl (C=O) groups excluding carboxylic acids is 1. The van der Waals surface area contributed by atoms with Crippen molar-refractivity contribution in [1.29, 1.82) is 0 Å². The lowest BCUT2D eigenvalue weighted by molar-refractivity contribution is -0.116. The van der Waals surface area contributed by atoms with Gasteiger partial charge in [0.15, 0.2) is 0 Å². The van der Waals surface area contributed by atoms with E-state index in [0.29, 0.717) is 12.5 Å². The highest BCUT2D eigenvalue weighted by molar-refractivity contribution is 5.88. The van der Waals surface area contributed by atoms with Gasteiger partial charge in [0.25, 0.3) is 0 Å². The van der Waals surface area contributed by atoms with Crippen LogP contribution in [0.25, 0.3) is 0 Å². The summed E-state index contributed by atoms with van der Waals surface area (Å²) < 4.78 is 0. The molecule has 2 rings (SSSR count). The van der Waals surface area contributed by atoms with Crippen LogP contribution in [-0.2, 0) is 11.3 Å². The monoisotopic (exact) mass is 259 g/mol. The highest BCUT2D eigenvalue weighted by Crippen LogP contribution is 2.35. The molecule has 1 aromatic rings. The first kappa shape index (κ1) is 13.3. The van der Waals surface area contributed by atoms with Gasteiger partial charge in [0.05, 0.1) is 5.56 Å². The number of carbonyl (C=O) groups is 2. The number of allylic oxidation sites excluding steroid dienone is 1. The molecular weight excluding hydrogens is 242 g/mol. The van der Waals surface area contributed by atoms with E-state index < -0.39 is 5.97 Å². The third-order valence-electron chi connectivity index (χ3n) is 3.25. The number of hydrogen-bond donors (Lipinski definition) is 2. The highest BCUT2D eigenvalue weighted by Gasteiger charge is 2.23. The molecule has 4 heteroatoms. The van der Waals surface area contributed by atoms with E-state index in [1.807, 2.05) is 6.92 Å². The van der Waals surface area contributed by atoms with Crippen LogP contribution in [-0.4, -0.2) is 17.0 Å². The first-order chi connectivity index (χ1) is 9.06. The van der Waals surface area contributed by atoms with Crippen LogP contribution in [0.5, 0.6) is 0 Å². The Morgan fingerprint density at radius 1 is 1.32 bits per heavy atom. The maximum absolute atomic E-state index is 11.7. The number of carboxylic acids is 1. The van der Waals surface area contributed by atoms with Gasteiger partial charge in [-0.15, -0.1) is 0 Å². The fourth-order valence-electron chi connectivity index (χ4n) is 1.87. The minimum atomic E-state index is -0.946. The lowest BCUT2D eigenvalue weighted by Gasteiger charge is -2.04. The maximum Gasteiger partial charge on any atom is 0.335 e. The lowest BCUT2D eigenvalue weighted by atomic mass is 10.1. The van der Waals surface area contributed by atoms with Crippen molar-refractivity contribution in [3.63, 3.8) is 0 Å². The third kappa shape index (κ3) is 3.95. The maximum atomic E-state index is 11.7. The van der Waals surface area contributed by atoms with Crippen molar-refractivity contribution in [2.45, 2.75) is 26.3 Å². The Balaban J connectivity index is 1.86. The van der Waals surface area contributed by atoms with Crippen molar-refractivity contribution >= 4 is 11.9 Å². The minimum absolute atomic E-state index is 0.0910. The normalized spacial score (nSPS) is 15.1. The molecule has 4 nitrogen and oxygen atoms in total. The molecule has 0 spiro atoms. The van der Waals surface area contributed by atoms with Crippen molar-refractivity contribution in [3.8, 4) is 0 Å². The summed E-state index contributed by atoms with van der Waals surface area (Å²) in [7, 11) is 0. The Morgan fingerprint density at radius 3 is 2.47 bits per heavy atom. The van der Waals surface area contributed by atoms with Gasteiger partial charge in [-0.3, -0.25) is 4.79 Å². The topological polar surface area (TPSA) is 66.4 Å². The van der Waals surface area contributed by atoms with Crippen molar-refractivity contribution < 1.29 is 14.7 Å². The number of benzene rings is 1. The van der Waals surface area contributed by atoms with E-state index in [1.54, 1.807) is 18.2 Å². The fourth-order valence-corrected chi connectivity index (χ4v) is 1.87. The second-order valence-electron chi connectivity index (χ2n) is 4.88. The summed E-state index contributed by atoms with van der Waals surface area (Å²) in [5.74, 6) is -0.439. The van der Waals surface area contributed by atoms with Gasteiger partial charge in [0, 0.05) is 12.6 Å². The summed E-state index contributed by atoms with van der Waals surface area (Å²) in [5, 5.41) is 11.6. The molecular formula is C15H17NO3. The molecule has 0 bridgehead atoms. The number of hydrogen-bond acceptors (Lipinski definition) is 2. The van der Waals surface area contributed by atoms with Gasteiger partial charge in [-0.25, -0.2) is 4.79 Å². The Hall–Kier alpha value is -2.10. The van der Waals surface area contributed by atoms with Crippen molar-refractivity contribution in [3.05, 3.63) is 47.0 Å². The number of aromatic carboxylic acids is 1. The zero-order chi connectivity index (χ0) is 13.8. The van der Waals surface area contributed by atoms with Crippen LogP contribution in [0.2, 0.25) is 0 Å². The molecule has 0 heterocycles. The van der Waals surface area contributed by atoms with Gasteiger partial charge in [0.2, 0.25) is 5.91 Å². The molecule has 0 unspecified atom stereocenters. The SMILES string of the molecule is C/C(=C\C(=O)NCc1ccc(C(=O)O)cc1)C1CC1. The van der Waals surface area contributed by atoms with Crippen LogP contribution >= 0.6 is 0 Å². The molecule has 2 N–H and O–H groups in total. The van der Waals surface area contributed by atoms with Gasteiger partial charge in [-0.2, -0.15) is 0 Å². The van der Waals surface area contributed by atoms with Gasteiger partial charge in [-0.05, 0) is 43.4 Å². The van der Waals surface area contributed by atoms with Crippen LogP contribution in [0, 0.1) is 5.92 Å². The summed E-state index contributed by atoms with van der Waals surface area (Å²) in [6.07, 6.45) is 4.03. The summed E-state index contributed by atoms with van der Waals surface area (Å²) in [6, 6.07) is 6.49. The van der Waals surface area contributed by atoms with Crippen LogP contribution < -0.4 is 5.32 Å². The van der Waals surface area contributed by atoms with E-state index in [0.717, 1.165) is 11.1 Å². The standard InChI is InChI=1S/C15H17NO3/c1-10(12-6-7-12)8-14(17)16-9-11-2-4-13(5-3-11)15(18)19/h2-5,8,12H,6-7,9H2,1H3,(H,16,17)(H,18,19)/b10-8+. The van der Waals surface area contributed by atoms with Crippen molar-refractivity contribution in [2.24, 2.45) is 5.92 Å². The Morgan fingerprint density at radius 2 is 1.95 bits per heavy atom. The van der Waals surface area contributed by atoms with E-state index >= 15 is 0 Å². The molecule has 1 saturated carbocycles. The molecule has 1 fully saturated rings. The number of nitrogens with one attached hydrogen (secondary N) is 1. The van der Waals surface area contributed by atoms with Crippen molar-refractivity contribution in [2.75, 3.05) is 0 Å². The second kappa shape index (κ2) is 5.69. The molecule has 100 valence electrons. The van der Waals surface area contributed by atoms with Crippen molar-refractivity contribution in [1.82, 2.24) is 5.32 Å². The summed E-state index contributed by atoms with van der Waals surface area (Å²) >= 11 is 0. The Kier molecular flexibility index (Phi) is 4.00. The molecule has 0 radical (unpaired) electrons. The van der Waals surface area contributed by atoms with E-state index in [-0.39, 0.29) is 11.5 Å². The molecule has 0 saturated heterocycles. The molecule has 19 heavy (non-hydrogen) atoms. The second-order valence-corrected chi connectivity index (χ2v) is 4.88. The van der Waals surface area contributed by atoms with Gasteiger partial charge >= 0.3 is 5.97 Å². The lowest BCUT2D eigenvalue weighted by Crippen LogP contribution is -2.20. The number of carboxylic acid groups (broad SMARTS) is 1. The van der Waals surface area contributed by atoms with Gasteiger partial charge < -0.3 is 10.4 Å². The number of amides is 1. The predicted molar refractivity (Wildman–Crippen MR) is 71.7 cm³/mol. The van der Waals surface area contributed by atoms with Gasteiger partial charge in [0.1, 0.15) is 0 Å². The first-order valence-corrected chi connectivity index (χ1v) is 6.34. The zero-order valence-corrected chi connectivity index (χ0v) is 10.8. The third-order valence-corrected chi connectivity index (χ3v) is 3.25. The molecule has 1 aliphatic carbocycles. The Bertz CT molecular complexity index is 513. The molecule has 0 atom stereocenters. The first-order valence-electron chi connectivity index (χ1n) is 6.34. The molecule has 1 amide bonds. The summed E-state index contributed by atoms with van der Waals surface area (Å²) in [5.41, 5.74) is 2.27. The molecule has 1 aromatic carbocycles. The average molecular weight is 259 g/mol. The average Bonchev–Trinajstić information content (AvgIpc) is 3.21. The van der Waals surface area contributed by atoms with Gasteiger partial charge in [-0.1, -0.05) is 17.7 Å². The van der Waals surface area contributed by atoms with Crippen LogP contribution in [0.3, 0.4) is 0 Å². The van der Waals surface area contributed by atoms with Crippen LogP contribution in [0.4, 0.5) is 0 Å². The van der Waals surface area contributed by atoms with E-state index in [1.165, 1.54) is 25.0 Å².